The summed E-state index contributed by atoms with van der Waals surface area (Å²) in [6.07, 6.45) is 4.41. The molecule has 0 bridgehead atoms. The molecular formula is C36H54N8O6S. The topological polar surface area (TPSA) is 218 Å². The van der Waals surface area contributed by atoms with Crippen LogP contribution in [0.5, 0.6) is 0 Å². The van der Waals surface area contributed by atoms with E-state index in [1.807, 2.05) is 60.7 Å². The average molecular weight is 727 g/mol. The minimum Gasteiger partial charge on any atom is -0.343 e. The van der Waals surface area contributed by atoms with E-state index in [1.54, 1.807) is 24.8 Å². The first-order chi connectivity index (χ1) is 24.3. The maximum Gasteiger partial charge on any atom is 0.276 e. The van der Waals surface area contributed by atoms with Gasteiger partial charge in [0.15, 0.2) is 0 Å². The van der Waals surface area contributed by atoms with Crippen molar-refractivity contribution >= 4 is 33.8 Å². The zero-order valence-electron chi connectivity index (χ0n) is 29.8. The number of nitrogens with two attached hydrogens (primary N) is 2. The molecule has 51 heavy (non-hydrogen) atoms. The number of likely N-dealkylation sites (tertiary alicyclic amines) is 1. The Hall–Kier alpha value is -4.15. The quantitative estimate of drug-likeness (QED) is 0.0792. The highest BCUT2D eigenvalue weighted by molar-refractivity contribution is 7.87. The summed E-state index contributed by atoms with van der Waals surface area (Å²) in [6, 6.07) is 14.2. The largest absolute Gasteiger partial charge is 0.343 e. The van der Waals surface area contributed by atoms with Crippen LogP contribution in [-0.2, 0) is 42.2 Å². The molecule has 0 aliphatic carbocycles. The fourth-order valence-electron chi connectivity index (χ4n) is 5.80. The Morgan fingerprint density at radius 1 is 0.824 bits per heavy atom. The number of nitrogens with zero attached hydrogens (tertiary/aromatic N) is 1. The Morgan fingerprint density at radius 3 is 1.94 bits per heavy atom. The summed E-state index contributed by atoms with van der Waals surface area (Å²) in [4.78, 5) is 56.3. The molecule has 15 heteroatoms. The Bertz CT molecular complexity index is 1560. The molecule has 1 saturated heterocycles. The molecule has 280 valence electrons. The molecule has 1 heterocycles. The number of nitrogens with one attached hydrogen (secondary N) is 5. The summed E-state index contributed by atoms with van der Waals surface area (Å²) >= 11 is 0. The molecule has 9 N–H and O–H groups in total. The van der Waals surface area contributed by atoms with Gasteiger partial charge in [-0.25, -0.2) is 4.72 Å². The van der Waals surface area contributed by atoms with Gasteiger partial charge in [-0.3, -0.25) is 19.2 Å². The number of hydrogen-bond acceptors (Lipinski definition) is 8. The second kappa shape index (κ2) is 20.6. The molecule has 1 aliphatic rings. The maximum absolute atomic E-state index is 13.9. The van der Waals surface area contributed by atoms with Crippen LogP contribution in [0.4, 0.5) is 0 Å². The Balaban J connectivity index is 1.76. The number of carbonyl (C=O) groups excluding carboxylic acids is 4. The molecule has 0 radical (unpaired) electrons. The Kier molecular flexibility index (Phi) is 16.7. The molecular weight excluding hydrogens is 673 g/mol. The van der Waals surface area contributed by atoms with Gasteiger partial charge in [-0.1, -0.05) is 72.3 Å². The van der Waals surface area contributed by atoms with Crippen LogP contribution in [-0.4, -0.2) is 93.8 Å². The second-order valence-electron chi connectivity index (χ2n) is 13.0. The number of unbranched alkanes of at least 4 members (excludes halogenated alkanes) is 1. The SMILES string of the molecule is CNS(=O)(=O)NC1CCN(C(=O)[C@@H](CCCCN)NC(=O)[C@@H](C=C(C)C)NC(=O)[C@@H](Cc2ccccc2)NC(=O)[C@H](N)Cc2ccccc2)CC1. The van der Waals surface area contributed by atoms with Gasteiger partial charge in [-0.2, -0.15) is 13.1 Å². The van der Waals surface area contributed by atoms with Gasteiger partial charge in [0.1, 0.15) is 18.1 Å². The Labute approximate surface area is 301 Å². The van der Waals surface area contributed by atoms with E-state index in [1.165, 1.54) is 7.05 Å². The summed E-state index contributed by atoms with van der Waals surface area (Å²) in [5.74, 6) is -1.97. The number of carbonyl (C=O) groups is 4. The average Bonchev–Trinajstić information content (AvgIpc) is 3.11. The van der Waals surface area contributed by atoms with Crippen molar-refractivity contribution in [2.75, 3.05) is 26.7 Å². The van der Waals surface area contributed by atoms with Crippen LogP contribution in [0.15, 0.2) is 72.3 Å². The van der Waals surface area contributed by atoms with Crippen molar-refractivity contribution in [3.05, 3.63) is 83.4 Å². The fourth-order valence-corrected chi connectivity index (χ4v) is 6.59. The first-order valence-electron chi connectivity index (χ1n) is 17.4. The summed E-state index contributed by atoms with van der Waals surface area (Å²) in [5.41, 5.74) is 14.4. The Morgan fingerprint density at radius 2 is 1.39 bits per heavy atom. The zero-order chi connectivity index (χ0) is 37.4. The van der Waals surface area contributed by atoms with Gasteiger partial charge in [-0.05, 0) is 70.0 Å². The standard InChI is InChI=1S/C36H54N8O6S/c1-25(2)22-31(34(46)40-30(16-10-11-19-37)36(48)44-20-17-28(18-21-44)43-51(49,50)39-3)42-35(47)32(24-27-14-8-5-9-15-27)41-33(45)29(38)23-26-12-6-4-7-13-26/h4-9,12-15,22,28-32,39,43H,10-11,16-21,23-24,37-38H2,1-3H3,(H,40,46)(H,41,45)(H,42,47)/t29-,30-,31-,32-/m1/s1. The molecule has 2 aromatic rings. The van der Waals surface area contributed by atoms with Crippen molar-refractivity contribution in [1.82, 2.24) is 30.3 Å². The van der Waals surface area contributed by atoms with Crippen molar-refractivity contribution in [1.29, 1.82) is 0 Å². The molecule has 0 spiro atoms. The number of amides is 4. The van der Waals surface area contributed by atoms with E-state index < -0.39 is 52.1 Å². The van der Waals surface area contributed by atoms with Crippen LogP contribution in [0.2, 0.25) is 0 Å². The maximum atomic E-state index is 13.9. The lowest BCUT2D eigenvalue weighted by Crippen LogP contribution is -2.58. The van der Waals surface area contributed by atoms with Gasteiger partial charge in [0.25, 0.3) is 10.2 Å². The number of rotatable bonds is 19. The predicted octanol–water partition coefficient (Wildman–Crippen LogP) is 0.394. The number of piperidine rings is 1. The van der Waals surface area contributed by atoms with Crippen LogP contribution in [0, 0.1) is 0 Å². The molecule has 1 aliphatic heterocycles. The molecule has 4 atom stereocenters. The summed E-state index contributed by atoms with van der Waals surface area (Å²) in [5, 5.41) is 8.44. The normalized spacial score (nSPS) is 15.9. The molecule has 2 aromatic carbocycles. The van der Waals surface area contributed by atoms with Crippen LogP contribution < -0.4 is 36.9 Å². The highest BCUT2D eigenvalue weighted by atomic mass is 32.2. The third-order valence-corrected chi connectivity index (χ3v) is 9.77. The predicted molar refractivity (Wildman–Crippen MR) is 197 cm³/mol. The van der Waals surface area contributed by atoms with Crippen molar-refractivity contribution in [3.8, 4) is 0 Å². The van der Waals surface area contributed by atoms with Gasteiger partial charge in [0.2, 0.25) is 23.6 Å². The number of hydrogen-bond donors (Lipinski definition) is 7. The van der Waals surface area contributed by atoms with Crippen LogP contribution in [0.3, 0.4) is 0 Å². The zero-order valence-corrected chi connectivity index (χ0v) is 30.6. The summed E-state index contributed by atoms with van der Waals surface area (Å²) < 4.78 is 28.7. The molecule has 0 saturated carbocycles. The van der Waals surface area contributed by atoms with E-state index in [9.17, 15) is 27.6 Å². The van der Waals surface area contributed by atoms with Gasteiger partial charge < -0.3 is 32.3 Å². The van der Waals surface area contributed by atoms with Gasteiger partial charge >= 0.3 is 0 Å². The fraction of sp³-hybridized carbons (Fsp3) is 0.500. The van der Waals surface area contributed by atoms with E-state index in [0.29, 0.717) is 51.7 Å². The lowest BCUT2D eigenvalue weighted by atomic mass is 10.0. The smallest absolute Gasteiger partial charge is 0.276 e. The second-order valence-corrected chi connectivity index (χ2v) is 14.7. The van der Waals surface area contributed by atoms with E-state index in [2.05, 4.69) is 25.4 Å². The van der Waals surface area contributed by atoms with Gasteiger partial charge in [0.05, 0.1) is 6.04 Å². The highest BCUT2D eigenvalue weighted by Gasteiger charge is 2.33. The summed E-state index contributed by atoms with van der Waals surface area (Å²) in [7, 11) is -2.30. The highest BCUT2D eigenvalue weighted by Crippen LogP contribution is 2.15. The van der Waals surface area contributed by atoms with Gasteiger partial charge in [0, 0.05) is 32.6 Å². The third kappa shape index (κ3) is 14.2. The number of allylic oxidation sites excluding steroid dienone is 1. The van der Waals surface area contributed by atoms with Crippen LogP contribution in [0.25, 0.3) is 0 Å². The summed E-state index contributed by atoms with van der Waals surface area (Å²) in [6.45, 7) is 4.61. The van der Waals surface area contributed by atoms with Crippen LogP contribution in [0.1, 0.15) is 57.1 Å². The molecule has 4 amide bonds. The van der Waals surface area contributed by atoms with Crippen molar-refractivity contribution in [2.24, 2.45) is 11.5 Å². The first kappa shape index (κ1) is 41.3. The molecule has 14 nitrogen and oxygen atoms in total. The third-order valence-electron chi connectivity index (χ3n) is 8.59. The molecule has 0 unspecified atom stereocenters. The lowest BCUT2D eigenvalue weighted by molar-refractivity contribution is -0.138. The minimum absolute atomic E-state index is 0.153. The van der Waals surface area contributed by atoms with Crippen molar-refractivity contribution < 1.29 is 27.6 Å². The van der Waals surface area contributed by atoms with E-state index in [4.69, 9.17) is 11.5 Å². The van der Waals surface area contributed by atoms with E-state index >= 15 is 0 Å². The van der Waals surface area contributed by atoms with Gasteiger partial charge in [-0.15, -0.1) is 0 Å². The molecule has 0 aromatic heterocycles. The minimum atomic E-state index is -3.62. The van der Waals surface area contributed by atoms with Crippen molar-refractivity contribution in [2.45, 2.75) is 89.0 Å². The van der Waals surface area contributed by atoms with Crippen molar-refractivity contribution in [3.63, 3.8) is 0 Å². The van der Waals surface area contributed by atoms with Crippen LogP contribution >= 0.6 is 0 Å². The number of benzene rings is 2. The lowest BCUT2D eigenvalue weighted by Gasteiger charge is -2.35. The molecule has 3 rings (SSSR count). The molecule has 1 fully saturated rings. The van der Waals surface area contributed by atoms with E-state index in [0.717, 1.165) is 16.7 Å². The van der Waals surface area contributed by atoms with E-state index in [-0.39, 0.29) is 24.8 Å². The first-order valence-corrected chi connectivity index (χ1v) is 18.9. The monoisotopic (exact) mass is 726 g/mol.